The molecule has 2 aromatic rings. The van der Waals surface area contributed by atoms with Crippen LogP contribution in [0.2, 0.25) is 0 Å². The lowest BCUT2D eigenvalue weighted by molar-refractivity contribution is -0.116. The molecule has 0 bridgehead atoms. The SMILES string of the molecule is CC1CCCN(S(=O)(=O)c2ccc(NC(=O)CCc3ccccc3F)cc2)C1. The van der Waals surface area contributed by atoms with Gasteiger partial charge in [-0.15, -0.1) is 0 Å². The van der Waals surface area contributed by atoms with Crippen molar-refractivity contribution in [1.82, 2.24) is 4.31 Å². The van der Waals surface area contributed by atoms with Crippen LogP contribution in [0.15, 0.2) is 53.4 Å². The first-order valence-corrected chi connectivity index (χ1v) is 10.9. The quantitative estimate of drug-likeness (QED) is 0.796. The van der Waals surface area contributed by atoms with Gasteiger partial charge in [0.1, 0.15) is 5.82 Å². The second-order valence-corrected chi connectivity index (χ2v) is 9.21. The van der Waals surface area contributed by atoms with Crippen molar-refractivity contribution in [3.05, 3.63) is 59.9 Å². The van der Waals surface area contributed by atoms with Gasteiger partial charge in [0.05, 0.1) is 4.90 Å². The number of amides is 1. The minimum Gasteiger partial charge on any atom is -0.326 e. The van der Waals surface area contributed by atoms with Crippen LogP contribution in [0.3, 0.4) is 0 Å². The fraction of sp³-hybridized carbons (Fsp3) is 0.381. The molecule has 3 rings (SSSR count). The molecule has 1 aliphatic heterocycles. The number of carbonyl (C=O) groups is 1. The molecule has 0 saturated carbocycles. The van der Waals surface area contributed by atoms with E-state index in [-0.39, 0.29) is 23.0 Å². The average molecular weight is 405 g/mol. The van der Waals surface area contributed by atoms with Gasteiger partial charge in [-0.2, -0.15) is 4.31 Å². The van der Waals surface area contributed by atoms with E-state index in [2.05, 4.69) is 12.2 Å². The molecule has 0 aromatic heterocycles. The van der Waals surface area contributed by atoms with Crippen LogP contribution in [0.1, 0.15) is 31.7 Å². The summed E-state index contributed by atoms with van der Waals surface area (Å²) in [7, 11) is -3.51. The van der Waals surface area contributed by atoms with Crippen LogP contribution in [-0.2, 0) is 21.2 Å². The van der Waals surface area contributed by atoms with Gasteiger partial charge >= 0.3 is 0 Å². The van der Waals surface area contributed by atoms with E-state index in [1.807, 2.05) is 0 Å². The lowest BCUT2D eigenvalue weighted by Crippen LogP contribution is -2.39. The lowest BCUT2D eigenvalue weighted by Gasteiger charge is -2.30. The molecule has 1 aliphatic rings. The minimum atomic E-state index is -3.51. The number of anilines is 1. The van der Waals surface area contributed by atoms with E-state index in [0.29, 0.717) is 36.7 Å². The monoisotopic (exact) mass is 404 g/mol. The Morgan fingerprint density at radius 2 is 1.89 bits per heavy atom. The van der Waals surface area contributed by atoms with E-state index >= 15 is 0 Å². The van der Waals surface area contributed by atoms with E-state index in [1.165, 1.54) is 22.5 Å². The number of hydrogen-bond donors (Lipinski definition) is 1. The molecule has 150 valence electrons. The van der Waals surface area contributed by atoms with Crippen LogP contribution < -0.4 is 5.32 Å². The summed E-state index contributed by atoms with van der Waals surface area (Å²) < 4.78 is 40.7. The van der Waals surface area contributed by atoms with Gasteiger partial charge in [0.15, 0.2) is 0 Å². The predicted molar refractivity (Wildman–Crippen MR) is 107 cm³/mol. The summed E-state index contributed by atoms with van der Waals surface area (Å²) in [6, 6.07) is 12.6. The highest BCUT2D eigenvalue weighted by atomic mass is 32.2. The largest absolute Gasteiger partial charge is 0.326 e. The molecule has 0 spiro atoms. The third-order valence-electron chi connectivity index (χ3n) is 4.97. The van der Waals surface area contributed by atoms with Gasteiger partial charge in [-0.3, -0.25) is 4.79 Å². The van der Waals surface area contributed by atoms with Crippen molar-refractivity contribution in [2.75, 3.05) is 18.4 Å². The Labute approximate surface area is 165 Å². The Hall–Kier alpha value is -2.25. The second kappa shape index (κ2) is 8.84. The Bertz CT molecular complexity index is 929. The predicted octanol–water partition coefficient (Wildman–Crippen LogP) is 3.82. The van der Waals surface area contributed by atoms with Crippen molar-refractivity contribution in [1.29, 1.82) is 0 Å². The van der Waals surface area contributed by atoms with E-state index < -0.39 is 10.0 Å². The number of carbonyl (C=O) groups excluding carboxylic acids is 1. The summed E-state index contributed by atoms with van der Waals surface area (Å²) >= 11 is 0. The molecule has 5 nitrogen and oxygen atoms in total. The first-order valence-electron chi connectivity index (χ1n) is 9.50. The maximum Gasteiger partial charge on any atom is 0.243 e. The molecule has 0 radical (unpaired) electrons. The Morgan fingerprint density at radius 3 is 2.57 bits per heavy atom. The summed E-state index contributed by atoms with van der Waals surface area (Å²) in [5, 5.41) is 2.73. The third kappa shape index (κ3) is 4.97. The number of nitrogens with zero attached hydrogens (tertiary/aromatic N) is 1. The molecule has 7 heteroatoms. The molecule has 1 amide bonds. The minimum absolute atomic E-state index is 0.145. The number of hydrogen-bond acceptors (Lipinski definition) is 3. The summed E-state index contributed by atoms with van der Waals surface area (Å²) in [6.07, 6.45) is 2.37. The number of benzene rings is 2. The molecule has 1 fully saturated rings. The van der Waals surface area contributed by atoms with Gasteiger partial charge in [0.2, 0.25) is 15.9 Å². The van der Waals surface area contributed by atoms with Gasteiger partial charge < -0.3 is 5.32 Å². The van der Waals surface area contributed by atoms with Crippen molar-refractivity contribution in [2.24, 2.45) is 5.92 Å². The number of piperidine rings is 1. The first kappa shape index (κ1) is 20.5. The number of aryl methyl sites for hydroxylation is 1. The molecule has 1 N–H and O–H groups in total. The summed E-state index contributed by atoms with van der Waals surface area (Å²) in [5.74, 6) is -0.211. The van der Waals surface area contributed by atoms with Gasteiger partial charge in [-0.1, -0.05) is 25.1 Å². The van der Waals surface area contributed by atoms with Crippen LogP contribution in [0.4, 0.5) is 10.1 Å². The number of nitrogens with one attached hydrogen (secondary N) is 1. The van der Waals surface area contributed by atoms with Crippen molar-refractivity contribution in [2.45, 2.75) is 37.5 Å². The molecule has 0 aliphatic carbocycles. The number of rotatable bonds is 6. The highest BCUT2D eigenvalue weighted by molar-refractivity contribution is 7.89. The fourth-order valence-electron chi connectivity index (χ4n) is 3.40. The Balaban J connectivity index is 1.59. The van der Waals surface area contributed by atoms with Crippen molar-refractivity contribution in [3.63, 3.8) is 0 Å². The van der Waals surface area contributed by atoms with Gasteiger partial charge in [0, 0.05) is 25.2 Å². The first-order chi connectivity index (χ1) is 13.4. The molecule has 2 aromatic carbocycles. The van der Waals surface area contributed by atoms with Gasteiger partial charge in [0.25, 0.3) is 0 Å². The summed E-state index contributed by atoms with van der Waals surface area (Å²) in [5.41, 5.74) is 1.01. The van der Waals surface area contributed by atoms with Crippen LogP contribution in [-0.4, -0.2) is 31.7 Å². The molecule has 1 heterocycles. The van der Waals surface area contributed by atoms with E-state index in [1.54, 1.807) is 30.3 Å². The topological polar surface area (TPSA) is 66.5 Å². The highest BCUT2D eigenvalue weighted by Gasteiger charge is 2.28. The van der Waals surface area contributed by atoms with Crippen molar-refractivity contribution < 1.29 is 17.6 Å². The van der Waals surface area contributed by atoms with E-state index in [4.69, 9.17) is 0 Å². The van der Waals surface area contributed by atoms with Gasteiger partial charge in [-0.25, -0.2) is 12.8 Å². The average Bonchev–Trinajstić information content (AvgIpc) is 2.68. The zero-order valence-corrected chi connectivity index (χ0v) is 16.7. The molecule has 1 atom stereocenters. The lowest BCUT2D eigenvalue weighted by atomic mass is 10.0. The summed E-state index contributed by atoms with van der Waals surface area (Å²) in [4.78, 5) is 12.3. The summed E-state index contributed by atoms with van der Waals surface area (Å²) in [6.45, 7) is 3.14. The van der Waals surface area contributed by atoms with Crippen LogP contribution in [0.5, 0.6) is 0 Å². The molecular formula is C21H25FN2O3S. The standard InChI is InChI=1S/C21H25FN2O3S/c1-16-5-4-14-24(15-16)28(26,27)19-11-9-18(10-12-19)23-21(25)13-8-17-6-2-3-7-20(17)22/h2-3,6-7,9-12,16H,4-5,8,13-15H2,1H3,(H,23,25). The Morgan fingerprint density at radius 1 is 1.18 bits per heavy atom. The Kier molecular flexibility index (Phi) is 6.46. The highest BCUT2D eigenvalue weighted by Crippen LogP contribution is 2.24. The zero-order valence-electron chi connectivity index (χ0n) is 15.9. The zero-order chi connectivity index (χ0) is 20.1. The van der Waals surface area contributed by atoms with E-state index in [0.717, 1.165) is 12.8 Å². The van der Waals surface area contributed by atoms with Gasteiger partial charge in [-0.05, 0) is 61.1 Å². The van der Waals surface area contributed by atoms with Crippen LogP contribution in [0, 0.1) is 11.7 Å². The van der Waals surface area contributed by atoms with Crippen molar-refractivity contribution in [3.8, 4) is 0 Å². The van der Waals surface area contributed by atoms with E-state index in [9.17, 15) is 17.6 Å². The smallest absolute Gasteiger partial charge is 0.243 e. The maximum absolute atomic E-state index is 13.6. The molecule has 1 saturated heterocycles. The van der Waals surface area contributed by atoms with Crippen molar-refractivity contribution >= 4 is 21.6 Å². The number of sulfonamides is 1. The fourth-order valence-corrected chi connectivity index (χ4v) is 5.00. The second-order valence-electron chi connectivity index (χ2n) is 7.27. The molecule has 28 heavy (non-hydrogen) atoms. The molecular weight excluding hydrogens is 379 g/mol. The van der Waals surface area contributed by atoms with Crippen LogP contribution in [0.25, 0.3) is 0 Å². The third-order valence-corrected chi connectivity index (χ3v) is 6.85. The number of halogens is 1. The molecule has 1 unspecified atom stereocenters. The normalized spacial score (nSPS) is 18.0. The van der Waals surface area contributed by atoms with Crippen LogP contribution >= 0.6 is 0 Å². The maximum atomic E-state index is 13.6.